The van der Waals surface area contributed by atoms with Gasteiger partial charge in [-0.2, -0.15) is 0 Å². The van der Waals surface area contributed by atoms with Gasteiger partial charge in [0.1, 0.15) is 0 Å². The molecule has 19 heavy (non-hydrogen) atoms. The van der Waals surface area contributed by atoms with E-state index >= 15 is 0 Å². The Bertz CT molecular complexity index is 453. The lowest BCUT2D eigenvalue weighted by Gasteiger charge is -2.31. The van der Waals surface area contributed by atoms with Gasteiger partial charge in [-0.1, -0.05) is 30.0 Å². The van der Waals surface area contributed by atoms with Gasteiger partial charge in [-0.3, -0.25) is 4.90 Å². The van der Waals surface area contributed by atoms with E-state index in [1.54, 1.807) is 7.11 Å². The fourth-order valence-corrected chi connectivity index (χ4v) is 2.47. The van der Waals surface area contributed by atoms with E-state index in [1.807, 2.05) is 6.07 Å². The monoisotopic (exact) mass is 258 g/mol. The van der Waals surface area contributed by atoms with E-state index in [2.05, 4.69) is 34.9 Å². The standard InChI is InChI=1S/C16H22N2O/c1-19-16-8-11-18(12-9-16)13-15-6-3-2-5-14(15)7-4-10-17/h2-3,5-6,16H,8-13,17H2,1H3. The zero-order valence-electron chi connectivity index (χ0n) is 11.6. The second-order valence-electron chi connectivity index (χ2n) is 4.87. The lowest BCUT2D eigenvalue weighted by Crippen LogP contribution is -2.36. The minimum Gasteiger partial charge on any atom is -0.381 e. The highest BCUT2D eigenvalue weighted by Gasteiger charge is 2.18. The maximum atomic E-state index is 5.44. The van der Waals surface area contributed by atoms with Crippen LogP contribution in [-0.2, 0) is 11.3 Å². The number of nitrogens with zero attached hydrogens (tertiary/aromatic N) is 1. The van der Waals surface area contributed by atoms with Crippen molar-refractivity contribution in [1.29, 1.82) is 0 Å². The minimum atomic E-state index is 0.410. The molecule has 2 N–H and O–H groups in total. The van der Waals surface area contributed by atoms with Gasteiger partial charge in [-0.15, -0.1) is 0 Å². The normalized spacial score (nSPS) is 16.9. The van der Waals surface area contributed by atoms with Gasteiger partial charge in [0.15, 0.2) is 0 Å². The van der Waals surface area contributed by atoms with Gasteiger partial charge >= 0.3 is 0 Å². The predicted molar refractivity (Wildman–Crippen MR) is 77.7 cm³/mol. The summed E-state index contributed by atoms with van der Waals surface area (Å²) < 4.78 is 5.40. The molecule has 3 heteroatoms. The third-order valence-corrected chi connectivity index (χ3v) is 3.60. The first kappa shape index (κ1) is 14.1. The predicted octanol–water partition coefficient (Wildman–Crippen LogP) is 1.61. The highest BCUT2D eigenvalue weighted by Crippen LogP contribution is 2.17. The third kappa shape index (κ3) is 4.07. The Kier molecular flexibility index (Phi) is 5.41. The molecule has 0 amide bonds. The molecule has 1 aliphatic heterocycles. The molecule has 0 aromatic heterocycles. The quantitative estimate of drug-likeness (QED) is 0.837. The molecule has 3 nitrogen and oxygen atoms in total. The summed E-state index contributed by atoms with van der Waals surface area (Å²) in [5, 5.41) is 0. The van der Waals surface area contributed by atoms with Crippen LogP contribution in [0.3, 0.4) is 0 Å². The number of piperidine rings is 1. The number of rotatable bonds is 3. The molecule has 2 rings (SSSR count). The summed E-state index contributed by atoms with van der Waals surface area (Å²) in [6, 6.07) is 8.33. The van der Waals surface area contributed by atoms with Gasteiger partial charge in [0, 0.05) is 32.3 Å². The molecular weight excluding hydrogens is 236 g/mol. The smallest absolute Gasteiger partial charge is 0.0595 e. The molecule has 1 aromatic carbocycles. The van der Waals surface area contributed by atoms with E-state index in [1.165, 1.54) is 5.56 Å². The lowest BCUT2D eigenvalue weighted by atomic mass is 10.0. The summed E-state index contributed by atoms with van der Waals surface area (Å²) in [6.45, 7) is 3.56. The second-order valence-corrected chi connectivity index (χ2v) is 4.87. The average molecular weight is 258 g/mol. The molecule has 0 spiro atoms. The first-order valence-electron chi connectivity index (χ1n) is 6.85. The molecule has 0 saturated carbocycles. The van der Waals surface area contributed by atoms with Crippen LogP contribution >= 0.6 is 0 Å². The molecule has 1 fully saturated rings. The maximum Gasteiger partial charge on any atom is 0.0595 e. The molecule has 0 unspecified atom stereocenters. The molecule has 1 aromatic rings. The van der Waals surface area contributed by atoms with Crippen molar-refractivity contribution in [3.05, 3.63) is 35.4 Å². The highest BCUT2D eigenvalue weighted by atomic mass is 16.5. The summed E-state index contributed by atoms with van der Waals surface area (Å²) in [5.74, 6) is 6.09. The van der Waals surface area contributed by atoms with Crippen molar-refractivity contribution in [2.75, 3.05) is 26.7 Å². The van der Waals surface area contributed by atoms with Crippen LogP contribution < -0.4 is 5.73 Å². The van der Waals surface area contributed by atoms with Gasteiger partial charge in [-0.05, 0) is 24.5 Å². The van der Waals surface area contributed by atoms with E-state index in [-0.39, 0.29) is 0 Å². The molecule has 102 valence electrons. The van der Waals surface area contributed by atoms with Crippen molar-refractivity contribution in [2.45, 2.75) is 25.5 Å². The van der Waals surface area contributed by atoms with Gasteiger partial charge in [-0.25, -0.2) is 0 Å². The van der Waals surface area contributed by atoms with E-state index in [0.717, 1.165) is 38.0 Å². The largest absolute Gasteiger partial charge is 0.381 e. The van der Waals surface area contributed by atoms with Crippen molar-refractivity contribution in [1.82, 2.24) is 4.90 Å². The summed E-state index contributed by atoms with van der Waals surface area (Å²) in [5.41, 5.74) is 7.83. The highest BCUT2D eigenvalue weighted by molar-refractivity contribution is 5.41. The van der Waals surface area contributed by atoms with Crippen LogP contribution in [0.15, 0.2) is 24.3 Å². The molecule has 1 heterocycles. The number of likely N-dealkylation sites (tertiary alicyclic amines) is 1. The van der Waals surface area contributed by atoms with Crippen molar-refractivity contribution in [3.63, 3.8) is 0 Å². The fraction of sp³-hybridized carbons (Fsp3) is 0.500. The van der Waals surface area contributed by atoms with Crippen LogP contribution in [0.2, 0.25) is 0 Å². The second kappa shape index (κ2) is 7.30. The van der Waals surface area contributed by atoms with Crippen LogP contribution in [0.25, 0.3) is 0 Å². The zero-order chi connectivity index (χ0) is 13.5. The van der Waals surface area contributed by atoms with Crippen LogP contribution in [0.1, 0.15) is 24.0 Å². The van der Waals surface area contributed by atoms with Crippen molar-refractivity contribution < 1.29 is 4.74 Å². The van der Waals surface area contributed by atoms with Crippen LogP contribution in [0.4, 0.5) is 0 Å². The van der Waals surface area contributed by atoms with Crippen LogP contribution in [-0.4, -0.2) is 37.7 Å². The van der Waals surface area contributed by atoms with Gasteiger partial charge < -0.3 is 10.5 Å². The maximum absolute atomic E-state index is 5.44. The average Bonchev–Trinajstić information content (AvgIpc) is 2.47. The van der Waals surface area contributed by atoms with Crippen molar-refractivity contribution in [2.24, 2.45) is 5.73 Å². The Balaban J connectivity index is 1.99. The van der Waals surface area contributed by atoms with Crippen molar-refractivity contribution >= 4 is 0 Å². The minimum absolute atomic E-state index is 0.410. The third-order valence-electron chi connectivity index (χ3n) is 3.60. The first-order chi connectivity index (χ1) is 9.33. The van der Waals surface area contributed by atoms with Crippen LogP contribution in [0, 0.1) is 11.8 Å². The molecule has 1 aliphatic rings. The Labute approximate surface area is 115 Å². The van der Waals surface area contributed by atoms with Gasteiger partial charge in [0.05, 0.1) is 12.6 Å². The number of ether oxygens (including phenoxy) is 1. The fourth-order valence-electron chi connectivity index (χ4n) is 2.47. The summed E-state index contributed by atoms with van der Waals surface area (Å²) in [7, 11) is 1.80. The Morgan fingerprint density at radius 1 is 1.32 bits per heavy atom. The van der Waals surface area contributed by atoms with Gasteiger partial charge in [0.2, 0.25) is 0 Å². The summed E-state index contributed by atoms with van der Waals surface area (Å²) >= 11 is 0. The van der Waals surface area contributed by atoms with E-state index < -0.39 is 0 Å². The number of nitrogens with two attached hydrogens (primary N) is 1. The molecule has 0 radical (unpaired) electrons. The SMILES string of the molecule is COC1CCN(Cc2ccccc2C#CCN)CC1. The van der Waals surface area contributed by atoms with Crippen molar-refractivity contribution in [3.8, 4) is 11.8 Å². The first-order valence-corrected chi connectivity index (χ1v) is 6.85. The number of methoxy groups -OCH3 is 1. The Hall–Kier alpha value is -1.34. The Morgan fingerprint density at radius 2 is 2.05 bits per heavy atom. The number of hydrogen-bond acceptors (Lipinski definition) is 3. The molecule has 0 aliphatic carbocycles. The van der Waals surface area contributed by atoms with Gasteiger partial charge in [0.25, 0.3) is 0 Å². The molecular formula is C16H22N2O. The lowest BCUT2D eigenvalue weighted by molar-refractivity contribution is 0.0388. The molecule has 0 bridgehead atoms. The van der Waals surface area contributed by atoms with E-state index in [4.69, 9.17) is 10.5 Å². The number of hydrogen-bond donors (Lipinski definition) is 1. The van der Waals surface area contributed by atoms with E-state index in [9.17, 15) is 0 Å². The summed E-state index contributed by atoms with van der Waals surface area (Å²) in [6.07, 6.45) is 2.67. The Morgan fingerprint density at radius 3 is 2.74 bits per heavy atom. The number of benzene rings is 1. The molecule has 0 atom stereocenters. The van der Waals surface area contributed by atoms with Crippen LogP contribution in [0.5, 0.6) is 0 Å². The topological polar surface area (TPSA) is 38.5 Å². The molecule has 1 saturated heterocycles. The summed E-state index contributed by atoms with van der Waals surface area (Å²) in [4.78, 5) is 2.47. The zero-order valence-corrected chi connectivity index (χ0v) is 11.6. The van der Waals surface area contributed by atoms with E-state index in [0.29, 0.717) is 12.6 Å².